The summed E-state index contributed by atoms with van der Waals surface area (Å²) in [5.74, 6) is -0.353. The summed E-state index contributed by atoms with van der Waals surface area (Å²) in [6.45, 7) is 0.832. The van der Waals surface area contributed by atoms with Crippen LogP contribution in [0.4, 0.5) is 0 Å². The van der Waals surface area contributed by atoms with E-state index in [1.807, 2.05) is 0 Å². The lowest BCUT2D eigenvalue weighted by Gasteiger charge is -2.29. The van der Waals surface area contributed by atoms with Gasteiger partial charge in [0.15, 0.2) is 5.96 Å². The first-order valence-corrected chi connectivity index (χ1v) is 10.7. The van der Waals surface area contributed by atoms with Gasteiger partial charge in [0.05, 0.1) is 6.04 Å². The highest BCUT2D eigenvalue weighted by Gasteiger charge is 2.37. The van der Waals surface area contributed by atoms with Crippen LogP contribution in [-0.2, 0) is 14.4 Å². The molecule has 1 saturated carbocycles. The highest BCUT2D eigenvalue weighted by atomic mass is 16.3. The van der Waals surface area contributed by atoms with Crippen molar-refractivity contribution in [2.24, 2.45) is 22.4 Å². The second kappa shape index (κ2) is 11.7. The molecule has 1 heterocycles. The number of rotatable bonds is 10. The van der Waals surface area contributed by atoms with Gasteiger partial charge in [-0.3, -0.25) is 14.6 Å². The van der Waals surface area contributed by atoms with E-state index in [0.717, 1.165) is 25.7 Å². The predicted octanol–water partition coefficient (Wildman–Crippen LogP) is 0.0460. The number of hydrogen-bond acceptors (Lipinski definition) is 5. The quantitative estimate of drug-likeness (QED) is 0.173. The molecule has 1 aliphatic carbocycles. The molecular formula is C20H35N5O4. The zero-order chi connectivity index (χ0) is 21.2. The topological polar surface area (TPSA) is 151 Å². The van der Waals surface area contributed by atoms with E-state index in [1.54, 1.807) is 0 Å². The van der Waals surface area contributed by atoms with Crippen molar-refractivity contribution in [3.05, 3.63) is 0 Å². The Hall–Kier alpha value is -2.16. The van der Waals surface area contributed by atoms with Crippen LogP contribution >= 0.6 is 0 Å². The number of aliphatic hydroxyl groups is 1. The van der Waals surface area contributed by atoms with E-state index in [4.69, 9.17) is 11.5 Å². The smallest absolute Gasteiger partial charge is 0.252 e. The lowest BCUT2D eigenvalue weighted by molar-refractivity contribution is -0.146. The number of nitrogens with zero attached hydrogens (tertiary/aromatic N) is 2. The molecule has 6 N–H and O–H groups in total. The first-order chi connectivity index (χ1) is 13.9. The molecule has 1 saturated heterocycles. The highest BCUT2D eigenvalue weighted by molar-refractivity contribution is 5.91. The number of aliphatic hydroxyl groups excluding tert-OH is 1. The minimum atomic E-state index is -1.06. The highest BCUT2D eigenvalue weighted by Crippen LogP contribution is 2.28. The molecule has 0 bridgehead atoms. The largest absolute Gasteiger partial charge is 0.383 e. The fourth-order valence-electron chi connectivity index (χ4n) is 4.31. The summed E-state index contributed by atoms with van der Waals surface area (Å²) in [4.78, 5) is 42.1. The van der Waals surface area contributed by atoms with Crippen molar-refractivity contribution in [2.45, 2.75) is 82.4 Å². The summed E-state index contributed by atoms with van der Waals surface area (Å²) in [5, 5.41) is 13.1. The number of guanidine groups is 1. The van der Waals surface area contributed by atoms with Gasteiger partial charge in [0.2, 0.25) is 5.91 Å². The number of amides is 2. The zero-order valence-electron chi connectivity index (χ0n) is 17.1. The molecule has 9 heteroatoms. The van der Waals surface area contributed by atoms with Gasteiger partial charge in [-0.25, -0.2) is 0 Å². The second-order valence-electron chi connectivity index (χ2n) is 8.15. The maximum absolute atomic E-state index is 12.8. The molecule has 0 radical (unpaired) electrons. The van der Waals surface area contributed by atoms with Gasteiger partial charge < -0.3 is 31.6 Å². The van der Waals surface area contributed by atoms with Crippen molar-refractivity contribution in [3.63, 3.8) is 0 Å². The average molecular weight is 410 g/mol. The molecular weight excluding hydrogens is 374 g/mol. The summed E-state index contributed by atoms with van der Waals surface area (Å²) in [6, 6.07) is -1.29. The Labute approximate surface area is 172 Å². The van der Waals surface area contributed by atoms with Crippen LogP contribution in [0.15, 0.2) is 4.99 Å². The molecule has 0 aromatic carbocycles. The van der Waals surface area contributed by atoms with E-state index >= 15 is 0 Å². The van der Waals surface area contributed by atoms with E-state index in [2.05, 4.69) is 10.3 Å². The number of likely N-dealkylation sites (tertiary alicyclic amines) is 1. The third kappa shape index (κ3) is 7.30. The molecule has 9 nitrogen and oxygen atoms in total. The number of nitrogens with two attached hydrogens (primary N) is 2. The number of aldehydes is 1. The van der Waals surface area contributed by atoms with Crippen molar-refractivity contribution in [1.82, 2.24) is 10.2 Å². The molecule has 29 heavy (non-hydrogen) atoms. The Bertz CT molecular complexity index is 587. The summed E-state index contributed by atoms with van der Waals surface area (Å²) in [6.07, 6.45) is 7.91. The zero-order valence-corrected chi connectivity index (χ0v) is 17.1. The van der Waals surface area contributed by atoms with E-state index in [1.165, 1.54) is 11.3 Å². The fourth-order valence-corrected chi connectivity index (χ4v) is 4.31. The van der Waals surface area contributed by atoms with Gasteiger partial charge in [-0.05, 0) is 38.0 Å². The Morgan fingerprint density at radius 1 is 1.17 bits per heavy atom. The van der Waals surface area contributed by atoms with Crippen LogP contribution in [0.2, 0.25) is 0 Å². The molecule has 3 atom stereocenters. The van der Waals surface area contributed by atoms with Crippen LogP contribution in [0.3, 0.4) is 0 Å². The Morgan fingerprint density at radius 3 is 2.55 bits per heavy atom. The van der Waals surface area contributed by atoms with Gasteiger partial charge in [0.1, 0.15) is 18.4 Å². The van der Waals surface area contributed by atoms with Crippen LogP contribution in [0, 0.1) is 5.92 Å². The number of carbonyl (C=O) groups is 3. The van der Waals surface area contributed by atoms with E-state index in [-0.39, 0.29) is 17.8 Å². The molecule has 0 spiro atoms. The third-order valence-electron chi connectivity index (χ3n) is 5.86. The summed E-state index contributed by atoms with van der Waals surface area (Å²) >= 11 is 0. The molecule has 0 unspecified atom stereocenters. The van der Waals surface area contributed by atoms with Crippen molar-refractivity contribution >= 4 is 24.1 Å². The van der Waals surface area contributed by atoms with Gasteiger partial charge >= 0.3 is 0 Å². The normalized spacial score (nSPS) is 22.0. The van der Waals surface area contributed by atoms with Crippen molar-refractivity contribution in [2.75, 3.05) is 13.1 Å². The molecule has 164 valence electrons. The standard InChI is InChI=1S/C20H35N5O4/c21-20(22)23-10-4-8-15(13-26)24-18(28)16-9-5-11-25(16)19(29)17(27)12-14-6-2-1-3-7-14/h13-17,27H,1-12H2,(H,24,28)(H4,21,22,23)/t15-,16-,17+/m0/s1. The van der Waals surface area contributed by atoms with Gasteiger partial charge in [-0.15, -0.1) is 0 Å². The maximum atomic E-state index is 12.8. The molecule has 2 rings (SSSR count). The third-order valence-corrected chi connectivity index (χ3v) is 5.86. The Kier molecular flexibility index (Phi) is 9.37. The number of aliphatic imine (C=N–C) groups is 1. The molecule has 2 fully saturated rings. The van der Waals surface area contributed by atoms with Crippen LogP contribution < -0.4 is 16.8 Å². The van der Waals surface area contributed by atoms with Gasteiger partial charge in [0, 0.05) is 13.1 Å². The SMILES string of the molecule is NC(N)=NCCC[C@@H](C=O)NC(=O)[C@@H]1CCCN1C(=O)[C@H](O)CC1CCCCC1. The maximum Gasteiger partial charge on any atom is 0.252 e. The Balaban J connectivity index is 1.85. The van der Waals surface area contributed by atoms with E-state index in [0.29, 0.717) is 57.4 Å². The second-order valence-corrected chi connectivity index (χ2v) is 8.15. The number of hydrogen-bond donors (Lipinski definition) is 4. The average Bonchev–Trinajstić information content (AvgIpc) is 3.20. The first-order valence-electron chi connectivity index (χ1n) is 10.7. The van der Waals surface area contributed by atoms with Crippen molar-refractivity contribution < 1.29 is 19.5 Å². The van der Waals surface area contributed by atoms with Crippen molar-refractivity contribution in [1.29, 1.82) is 0 Å². The summed E-state index contributed by atoms with van der Waals surface area (Å²) < 4.78 is 0. The van der Waals surface area contributed by atoms with Crippen LogP contribution in [-0.4, -0.2) is 65.3 Å². The summed E-state index contributed by atoms with van der Waals surface area (Å²) in [7, 11) is 0. The number of nitrogens with one attached hydrogen (secondary N) is 1. The van der Waals surface area contributed by atoms with Gasteiger partial charge in [-0.2, -0.15) is 0 Å². The first kappa shape index (κ1) is 23.1. The van der Waals surface area contributed by atoms with Crippen LogP contribution in [0.1, 0.15) is 64.2 Å². The lowest BCUT2D eigenvalue weighted by Crippen LogP contribution is -2.51. The molecule has 0 aromatic rings. The molecule has 2 aliphatic rings. The van der Waals surface area contributed by atoms with Gasteiger partial charge in [-0.1, -0.05) is 32.1 Å². The van der Waals surface area contributed by atoms with Gasteiger partial charge in [0.25, 0.3) is 5.91 Å². The minimum absolute atomic E-state index is 0.0106. The lowest BCUT2D eigenvalue weighted by atomic mass is 9.85. The van der Waals surface area contributed by atoms with Crippen LogP contribution in [0.5, 0.6) is 0 Å². The van der Waals surface area contributed by atoms with E-state index < -0.39 is 18.2 Å². The molecule has 0 aromatic heterocycles. The van der Waals surface area contributed by atoms with E-state index in [9.17, 15) is 19.5 Å². The summed E-state index contributed by atoms with van der Waals surface area (Å²) in [5.41, 5.74) is 10.5. The molecule has 2 amide bonds. The predicted molar refractivity (Wildman–Crippen MR) is 110 cm³/mol. The fraction of sp³-hybridized carbons (Fsp3) is 0.800. The van der Waals surface area contributed by atoms with Crippen LogP contribution in [0.25, 0.3) is 0 Å². The Morgan fingerprint density at radius 2 is 1.90 bits per heavy atom. The molecule has 1 aliphatic heterocycles. The number of carbonyl (C=O) groups excluding carboxylic acids is 3. The minimum Gasteiger partial charge on any atom is -0.383 e. The monoisotopic (exact) mass is 409 g/mol. The van der Waals surface area contributed by atoms with Crippen molar-refractivity contribution in [3.8, 4) is 0 Å².